The van der Waals surface area contributed by atoms with Gasteiger partial charge in [0, 0.05) is 47.4 Å². The number of anilines is 2. The van der Waals surface area contributed by atoms with Crippen molar-refractivity contribution in [2.24, 2.45) is 0 Å². The lowest BCUT2D eigenvalue weighted by atomic mass is 10.2. The number of rotatable bonds is 9. The third-order valence-electron chi connectivity index (χ3n) is 5.55. The summed E-state index contributed by atoms with van der Waals surface area (Å²) in [6.07, 6.45) is 0.335. The van der Waals surface area contributed by atoms with Crippen LogP contribution in [-0.2, 0) is 29.6 Å². The average Bonchev–Trinajstić information content (AvgIpc) is 2.82. The van der Waals surface area contributed by atoms with Crippen molar-refractivity contribution in [2.45, 2.75) is 16.2 Å². The monoisotopic (exact) mass is 510 g/mol. The lowest BCUT2D eigenvalue weighted by molar-refractivity contribution is -0.132. The Hall–Kier alpha value is -2.67. The van der Waals surface area contributed by atoms with Gasteiger partial charge in [-0.3, -0.25) is 9.52 Å². The highest BCUT2D eigenvalue weighted by Gasteiger charge is 2.24. The Balaban J connectivity index is 1.74. The van der Waals surface area contributed by atoms with E-state index in [1.807, 2.05) is 17.0 Å². The van der Waals surface area contributed by atoms with Gasteiger partial charge < -0.3 is 14.5 Å². The van der Waals surface area contributed by atoms with Crippen LogP contribution in [0.2, 0.25) is 0 Å². The van der Waals surface area contributed by atoms with Crippen LogP contribution in [0.5, 0.6) is 0 Å². The Bertz CT molecular complexity index is 1210. The van der Waals surface area contributed by atoms with Crippen molar-refractivity contribution in [1.82, 2.24) is 9.21 Å². The van der Waals surface area contributed by atoms with Crippen molar-refractivity contribution < 1.29 is 26.4 Å². The molecule has 2 aromatic carbocycles. The van der Waals surface area contributed by atoms with Crippen LogP contribution >= 0.6 is 0 Å². The Kier molecular flexibility index (Phi) is 8.18. The molecule has 0 aliphatic carbocycles. The van der Waals surface area contributed by atoms with Gasteiger partial charge in [-0.25, -0.2) is 21.1 Å². The highest BCUT2D eigenvalue weighted by atomic mass is 32.2. The number of benzene rings is 2. The summed E-state index contributed by atoms with van der Waals surface area (Å²) in [6.45, 7) is 2.58. The third kappa shape index (κ3) is 5.87. The molecule has 0 spiro atoms. The van der Waals surface area contributed by atoms with E-state index in [0.717, 1.165) is 4.31 Å². The maximum Gasteiger partial charge on any atom is 0.261 e. The summed E-state index contributed by atoms with van der Waals surface area (Å²) in [5.74, 6) is 0.0372. The minimum absolute atomic E-state index is 0.00904. The van der Waals surface area contributed by atoms with Gasteiger partial charge in [0.1, 0.15) is 0 Å². The number of sulfonamides is 2. The van der Waals surface area contributed by atoms with Crippen LogP contribution < -0.4 is 9.62 Å². The second-order valence-electron chi connectivity index (χ2n) is 7.99. The van der Waals surface area contributed by atoms with Crippen LogP contribution in [0, 0.1) is 0 Å². The zero-order chi connectivity index (χ0) is 24.9. The summed E-state index contributed by atoms with van der Waals surface area (Å²) >= 11 is 0. The van der Waals surface area contributed by atoms with Gasteiger partial charge in [0.2, 0.25) is 15.9 Å². The van der Waals surface area contributed by atoms with E-state index in [4.69, 9.17) is 4.74 Å². The molecule has 1 heterocycles. The number of para-hydroxylation sites is 2. The van der Waals surface area contributed by atoms with Gasteiger partial charge in [-0.05, 0) is 36.4 Å². The van der Waals surface area contributed by atoms with Crippen LogP contribution in [0.1, 0.15) is 6.42 Å². The second-order valence-corrected chi connectivity index (χ2v) is 11.8. The van der Waals surface area contributed by atoms with Crippen molar-refractivity contribution in [1.29, 1.82) is 0 Å². The summed E-state index contributed by atoms with van der Waals surface area (Å²) in [5.41, 5.74) is 1.12. The number of nitrogens with zero attached hydrogens (tertiary/aromatic N) is 3. The highest BCUT2D eigenvalue weighted by Crippen LogP contribution is 2.29. The fourth-order valence-electron chi connectivity index (χ4n) is 3.59. The van der Waals surface area contributed by atoms with E-state index >= 15 is 0 Å². The number of carbonyl (C=O) groups excluding carboxylic acids is 1. The zero-order valence-corrected chi connectivity index (χ0v) is 21.1. The molecule has 0 saturated carbocycles. The Morgan fingerprint density at radius 2 is 1.53 bits per heavy atom. The van der Waals surface area contributed by atoms with Gasteiger partial charge in [-0.15, -0.1) is 0 Å². The summed E-state index contributed by atoms with van der Waals surface area (Å²) in [6, 6.07) is 12.1. The first-order valence-electron chi connectivity index (χ1n) is 10.7. The molecule has 3 rings (SSSR count). The minimum Gasteiger partial charge on any atom is -0.384 e. The average molecular weight is 511 g/mol. The fourth-order valence-corrected chi connectivity index (χ4v) is 5.56. The van der Waals surface area contributed by atoms with Crippen molar-refractivity contribution in [2.75, 3.05) is 63.6 Å². The molecule has 1 aliphatic rings. The van der Waals surface area contributed by atoms with Crippen molar-refractivity contribution in [3.63, 3.8) is 0 Å². The predicted octanol–water partition coefficient (Wildman–Crippen LogP) is 1.42. The van der Waals surface area contributed by atoms with Crippen molar-refractivity contribution >= 4 is 37.3 Å². The maximum absolute atomic E-state index is 13.0. The smallest absolute Gasteiger partial charge is 0.261 e. The number of amides is 1. The molecule has 2 aromatic rings. The summed E-state index contributed by atoms with van der Waals surface area (Å²) in [7, 11) is -3.23. The number of nitrogens with one attached hydrogen (secondary N) is 1. The fraction of sp³-hybridized carbons (Fsp3) is 0.409. The molecule has 1 N–H and O–H groups in total. The molecule has 34 heavy (non-hydrogen) atoms. The molecular formula is C22H30N4O6S2. The molecule has 1 saturated heterocycles. The maximum atomic E-state index is 13.0. The Morgan fingerprint density at radius 1 is 0.941 bits per heavy atom. The van der Waals surface area contributed by atoms with Crippen LogP contribution in [-0.4, -0.2) is 85.9 Å². The Morgan fingerprint density at radius 3 is 2.12 bits per heavy atom. The molecule has 1 fully saturated rings. The normalized spacial score (nSPS) is 14.9. The van der Waals surface area contributed by atoms with Crippen LogP contribution in [0.4, 0.5) is 11.4 Å². The Labute approximate surface area is 201 Å². The second kappa shape index (κ2) is 10.7. The molecule has 0 atom stereocenters. The van der Waals surface area contributed by atoms with E-state index in [1.165, 1.54) is 38.4 Å². The molecule has 1 amide bonds. The summed E-state index contributed by atoms with van der Waals surface area (Å²) in [4.78, 5) is 16.0. The third-order valence-corrected chi connectivity index (χ3v) is 8.76. The van der Waals surface area contributed by atoms with Gasteiger partial charge in [0.15, 0.2) is 0 Å². The van der Waals surface area contributed by atoms with Crippen molar-refractivity contribution in [3.05, 3.63) is 48.5 Å². The number of hydrogen-bond donors (Lipinski definition) is 1. The summed E-state index contributed by atoms with van der Waals surface area (Å²) in [5, 5.41) is 0. The lowest BCUT2D eigenvalue weighted by Crippen LogP contribution is -2.49. The predicted molar refractivity (Wildman–Crippen MR) is 130 cm³/mol. The van der Waals surface area contributed by atoms with Gasteiger partial charge in [0.25, 0.3) is 10.0 Å². The molecule has 1 aliphatic heterocycles. The molecule has 0 unspecified atom stereocenters. The molecule has 0 radical (unpaired) electrons. The zero-order valence-electron chi connectivity index (χ0n) is 19.5. The van der Waals surface area contributed by atoms with Gasteiger partial charge in [0.05, 0.1) is 34.2 Å². The number of ether oxygens (including phenoxy) is 1. The standard InChI is InChI=1S/C22H30N4O6S2/c1-24(2)34(30,31)19-10-8-18(9-11-19)33(28,29)23-20-6-4-5-7-21(20)25-13-15-26(16-14-25)22(27)12-17-32-3/h4-11,23H,12-17H2,1-3H3. The van der Waals surface area contributed by atoms with Gasteiger partial charge >= 0.3 is 0 Å². The van der Waals surface area contributed by atoms with E-state index in [9.17, 15) is 21.6 Å². The molecular weight excluding hydrogens is 480 g/mol. The quantitative estimate of drug-likeness (QED) is 0.542. The minimum atomic E-state index is -3.96. The number of methoxy groups -OCH3 is 1. The van der Waals surface area contributed by atoms with Crippen molar-refractivity contribution in [3.8, 4) is 0 Å². The highest BCUT2D eigenvalue weighted by molar-refractivity contribution is 7.92. The van der Waals surface area contributed by atoms with Gasteiger partial charge in [-0.1, -0.05) is 12.1 Å². The first-order chi connectivity index (χ1) is 16.1. The van der Waals surface area contributed by atoms with Crippen LogP contribution in [0.25, 0.3) is 0 Å². The number of carbonyl (C=O) groups is 1. The molecule has 0 bridgehead atoms. The van der Waals surface area contributed by atoms with E-state index in [2.05, 4.69) is 4.72 Å². The molecule has 186 valence electrons. The number of piperazine rings is 1. The molecule has 10 nitrogen and oxygen atoms in total. The topological polar surface area (TPSA) is 116 Å². The largest absolute Gasteiger partial charge is 0.384 e. The molecule has 0 aromatic heterocycles. The van der Waals surface area contributed by atoms with E-state index in [1.54, 1.807) is 24.1 Å². The van der Waals surface area contributed by atoms with Crippen LogP contribution in [0.15, 0.2) is 58.3 Å². The van der Waals surface area contributed by atoms with E-state index in [0.29, 0.717) is 50.6 Å². The van der Waals surface area contributed by atoms with E-state index in [-0.39, 0.29) is 15.7 Å². The SMILES string of the molecule is COCCC(=O)N1CCN(c2ccccc2NS(=O)(=O)c2ccc(S(=O)(=O)N(C)C)cc2)CC1. The molecule has 12 heteroatoms. The van der Waals surface area contributed by atoms with Crippen LogP contribution in [0.3, 0.4) is 0 Å². The van der Waals surface area contributed by atoms with E-state index < -0.39 is 20.0 Å². The first kappa shape index (κ1) is 25.9. The number of hydrogen-bond acceptors (Lipinski definition) is 7. The summed E-state index contributed by atoms with van der Waals surface area (Å²) < 4.78 is 59.2. The first-order valence-corrected chi connectivity index (χ1v) is 13.6. The lowest BCUT2D eigenvalue weighted by Gasteiger charge is -2.37. The van der Waals surface area contributed by atoms with Gasteiger partial charge in [-0.2, -0.15) is 0 Å².